The Balaban J connectivity index is 1.67. The number of rotatable bonds is 5. The lowest BCUT2D eigenvalue weighted by atomic mass is 10.0. The summed E-state index contributed by atoms with van der Waals surface area (Å²) in [6, 6.07) is 10.0. The molecule has 0 bridgehead atoms. The number of hydrogen-bond donors (Lipinski definition) is 0. The molecule has 1 aromatic carbocycles. The van der Waals surface area contributed by atoms with Gasteiger partial charge in [0.05, 0.1) is 12.7 Å². The molecule has 2 heterocycles. The van der Waals surface area contributed by atoms with Gasteiger partial charge in [0.1, 0.15) is 18.3 Å². The first-order valence-corrected chi connectivity index (χ1v) is 7.88. The van der Waals surface area contributed by atoms with Crippen molar-refractivity contribution in [3.05, 3.63) is 35.9 Å². The van der Waals surface area contributed by atoms with Crippen LogP contribution < -0.4 is 0 Å². The first-order chi connectivity index (χ1) is 10.3. The van der Waals surface area contributed by atoms with Crippen LogP contribution in [0.2, 0.25) is 0 Å². The van der Waals surface area contributed by atoms with Gasteiger partial charge in [0, 0.05) is 12.2 Å². The Hall–Kier alpha value is -0.940. The van der Waals surface area contributed by atoms with Crippen LogP contribution in [0.1, 0.15) is 38.5 Å². The maximum absolute atomic E-state index is 6.14. The molecule has 21 heavy (non-hydrogen) atoms. The Morgan fingerprint density at radius 1 is 1.14 bits per heavy atom. The zero-order chi connectivity index (χ0) is 14.7. The fourth-order valence-electron chi connectivity index (χ4n) is 2.87. The summed E-state index contributed by atoms with van der Waals surface area (Å²) >= 11 is 0. The molecule has 4 heteroatoms. The van der Waals surface area contributed by atoms with Crippen LogP contribution in [0.3, 0.4) is 0 Å². The van der Waals surface area contributed by atoms with Gasteiger partial charge in [-0.15, -0.1) is 0 Å². The van der Waals surface area contributed by atoms with Gasteiger partial charge in [-0.25, -0.2) is 0 Å². The van der Waals surface area contributed by atoms with Crippen molar-refractivity contribution >= 4 is 0 Å². The minimum Gasteiger partial charge on any atom is -0.373 e. The second-order valence-corrected chi connectivity index (χ2v) is 5.75. The highest BCUT2D eigenvalue weighted by Gasteiger charge is 2.48. The lowest BCUT2D eigenvalue weighted by molar-refractivity contribution is -0.157. The number of hydrogen-bond acceptors (Lipinski definition) is 4. The maximum atomic E-state index is 6.14. The summed E-state index contributed by atoms with van der Waals surface area (Å²) in [6.07, 6.45) is 1.77. The zero-order valence-corrected chi connectivity index (χ0v) is 12.7. The van der Waals surface area contributed by atoms with E-state index in [4.69, 9.17) is 18.9 Å². The molecule has 0 amide bonds. The third-order valence-corrected chi connectivity index (χ3v) is 4.14. The molecule has 2 fully saturated rings. The number of ether oxygens (including phenoxy) is 4. The molecule has 1 aromatic rings. The summed E-state index contributed by atoms with van der Waals surface area (Å²) in [5, 5.41) is 0. The maximum Gasteiger partial charge on any atom is 0.184 e. The molecule has 3 rings (SSSR count). The fraction of sp³-hybridized carbons (Fsp3) is 0.647. The second-order valence-electron chi connectivity index (χ2n) is 5.75. The lowest BCUT2D eigenvalue weighted by Gasteiger charge is -2.35. The highest BCUT2D eigenvalue weighted by atomic mass is 16.8. The van der Waals surface area contributed by atoms with Crippen LogP contribution in [0, 0.1) is 0 Å². The molecular weight excluding hydrogens is 268 g/mol. The molecule has 2 aliphatic rings. The van der Waals surface area contributed by atoms with Crippen LogP contribution in [0.4, 0.5) is 0 Å². The number of unbranched alkanes of at least 4 members (excludes halogenated alkanes) is 1. The summed E-state index contributed by atoms with van der Waals surface area (Å²) in [6.45, 7) is 5.53. The largest absolute Gasteiger partial charge is 0.373 e. The second kappa shape index (κ2) is 6.88. The minimum atomic E-state index is -0.317. The zero-order valence-electron chi connectivity index (χ0n) is 12.7. The molecule has 5 atom stereocenters. The van der Waals surface area contributed by atoms with Crippen LogP contribution >= 0.6 is 0 Å². The van der Waals surface area contributed by atoms with Gasteiger partial charge in [-0.2, -0.15) is 0 Å². The third-order valence-electron chi connectivity index (χ3n) is 4.14. The summed E-state index contributed by atoms with van der Waals surface area (Å²) in [5.74, 6) is 0. The van der Waals surface area contributed by atoms with Crippen molar-refractivity contribution in [3.63, 3.8) is 0 Å². The van der Waals surface area contributed by atoms with E-state index in [0.717, 1.165) is 25.0 Å². The first kappa shape index (κ1) is 15.0. The summed E-state index contributed by atoms with van der Waals surface area (Å²) in [4.78, 5) is 0. The summed E-state index contributed by atoms with van der Waals surface area (Å²) in [7, 11) is 0. The van der Waals surface area contributed by atoms with Crippen LogP contribution in [-0.2, 0) is 18.9 Å². The van der Waals surface area contributed by atoms with Crippen molar-refractivity contribution in [2.45, 2.75) is 57.4 Å². The molecule has 0 spiro atoms. The Labute approximate surface area is 126 Å². The molecule has 116 valence electrons. The van der Waals surface area contributed by atoms with Gasteiger partial charge in [-0.3, -0.25) is 0 Å². The average Bonchev–Trinajstić information content (AvgIpc) is 2.97. The van der Waals surface area contributed by atoms with Gasteiger partial charge in [0.15, 0.2) is 6.29 Å². The molecule has 0 saturated carbocycles. The minimum absolute atomic E-state index is 0.0357. The SMILES string of the molecule is CCCCOC1COC(C)[C@H]2O[C@H](c3ccccc3)OC12. The van der Waals surface area contributed by atoms with Gasteiger partial charge >= 0.3 is 0 Å². The van der Waals surface area contributed by atoms with Crippen molar-refractivity contribution in [1.29, 1.82) is 0 Å². The van der Waals surface area contributed by atoms with E-state index in [1.807, 2.05) is 37.3 Å². The van der Waals surface area contributed by atoms with Crippen molar-refractivity contribution < 1.29 is 18.9 Å². The molecule has 0 radical (unpaired) electrons. The smallest absolute Gasteiger partial charge is 0.184 e. The standard InChI is InChI=1S/C17H24O4/c1-3-4-10-18-14-11-19-12(2)15-16(14)21-17(20-15)13-8-6-5-7-9-13/h5-9,12,14-17H,3-4,10-11H2,1-2H3/t12?,14?,15-,16?,17+/m1/s1. The molecule has 0 aromatic heterocycles. The van der Waals surface area contributed by atoms with Crippen molar-refractivity contribution in [3.8, 4) is 0 Å². The molecule has 2 aliphatic heterocycles. The van der Waals surface area contributed by atoms with Crippen LogP contribution in [0.25, 0.3) is 0 Å². The van der Waals surface area contributed by atoms with Crippen LogP contribution in [-0.4, -0.2) is 37.6 Å². The average molecular weight is 292 g/mol. The van der Waals surface area contributed by atoms with Crippen LogP contribution in [0.5, 0.6) is 0 Å². The van der Waals surface area contributed by atoms with Crippen LogP contribution in [0.15, 0.2) is 30.3 Å². The van der Waals surface area contributed by atoms with E-state index in [0.29, 0.717) is 6.61 Å². The topological polar surface area (TPSA) is 36.9 Å². The number of fused-ring (bicyclic) bond motifs is 1. The van der Waals surface area contributed by atoms with Crippen molar-refractivity contribution in [1.82, 2.24) is 0 Å². The summed E-state index contributed by atoms with van der Waals surface area (Å²) < 4.78 is 23.9. The Kier molecular flexibility index (Phi) is 4.91. The highest BCUT2D eigenvalue weighted by Crippen LogP contribution is 2.37. The molecule has 4 nitrogen and oxygen atoms in total. The fourth-order valence-corrected chi connectivity index (χ4v) is 2.87. The molecule has 0 N–H and O–H groups in total. The monoisotopic (exact) mass is 292 g/mol. The van der Waals surface area contributed by atoms with E-state index in [9.17, 15) is 0 Å². The molecule has 3 unspecified atom stereocenters. The quantitative estimate of drug-likeness (QED) is 0.782. The lowest BCUT2D eigenvalue weighted by Crippen LogP contribution is -2.51. The van der Waals surface area contributed by atoms with Gasteiger partial charge in [-0.1, -0.05) is 43.7 Å². The summed E-state index contributed by atoms with van der Waals surface area (Å²) in [5.41, 5.74) is 1.05. The predicted octanol–water partition coefficient (Wildman–Crippen LogP) is 3.07. The highest BCUT2D eigenvalue weighted by molar-refractivity contribution is 5.17. The van der Waals surface area contributed by atoms with E-state index in [1.54, 1.807) is 0 Å². The first-order valence-electron chi connectivity index (χ1n) is 7.88. The van der Waals surface area contributed by atoms with E-state index < -0.39 is 0 Å². The van der Waals surface area contributed by atoms with E-state index in [-0.39, 0.29) is 30.7 Å². The molecule has 2 saturated heterocycles. The van der Waals surface area contributed by atoms with Crippen molar-refractivity contribution in [2.75, 3.05) is 13.2 Å². The van der Waals surface area contributed by atoms with Gasteiger partial charge in [-0.05, 0) is 13.3 Å². The predicted molar refractivity (Wildman–Crippen MR) is 79.0 cm³/mol. The van der Waals surface area contributed by atoms with Crippen molar-refractivity contribution in [2.24, 2.45) is 0 Å². The normalized spacial score (nSPS) is 35.6. The van der Waals surface area contributed by atoms with E-state index in [2.05, 4.69) is 6.92 Å². The van der Waals surface area contributed by atoms with E-state index >= 15 is 0 Å². The third kappa shape index (κ3) is 3.29. The Bertz CT molecular complexity index is 436. The number of benzene rings is 1. The Morgan fingerprint density at radius 2 is 1.90 bits per heavy atom. The van der Waals surface area contributed by atoms with Gasteiger partial charge in [0.2, 0.25) is 0 Å². The Morgan fingerprint density at radius 3 is 2.67 bits per heavy atom. The van der Waals surface area contributed by atoms with E-state index in [1.165, 1.54) is 0 Å². The molecule has 0 aliphatic carbocycles. The molecular formula is C17H24O4. The van der Waals surface area contributed by atoms with Gasteiger partial charge < -0.3 is 18.9 Å². The van der Waals surface area contributed by atoms with Gasteiger partial charge in [0.25, 0.3) is 0 Å².